The number of rotatable bonds is 4. The van der Waals surface area contributed by atoms with Gasteiger partial charge in [-0.2, -0.15) is 0 Å². The summed E-state index contributed by atoms with van der Waals surface area (Å²) in [6.45, 7) is 2.79. The van der Waals surface area contributed by atoms with Gasteiger partial charge in [0.2, 0.25) is 0 Å². The molecule has 1 aromatic rings. The maximum Gasteiger partial charge on any atom is 0.335 e. The number of nitrogens with zero attached hydrogens (tertiary/aromatic N) is 1. The van der Waals surface area contributed by atoms with Gasteiger partial charge < -0.3 is 14.7 Å². The number of hydrogen-bond acceptors (Lipinski definition) is 3. The van der Waals surface area contributed by atoms with Crippen LogP contribution in [-0.4, -0.2) is 41.6 Å². The van der Waals surface area contributed by atoms with Crippen molar-refractivity contribution in [1.29, 1.82) is 0 Å². The lowest BCUT2D eigenvalue weighted by Crippen LogP contribution is -2.35. The Balaban J connectivity index is 2.33. The van der Waals surface area contributed by atoms with E-state index in [2.05, 4.69) is 6.92 Å². The Morgan fingerprint density at radius 3 is 2.65 bits per heavy atom. The van der Waals surface area contributed by atoms with E-state index in [9.17, 15) is 9.59 Å². The van der Waals surface area contributed by atoms with E-state index < -0.39 is 5.97 Å². The largest absolute Gasteiger partial charge is 0.497 e. The van der Waals surface area contributed by atoms with Crippen molar-refractivity contribution < 1.29 is 19.4 Å². The molecule has 1 saturated heterocycles. The van der Waals surface area contributed by atoms with Crippen LogP contribution in [0.1, 0.15) is 46.9 Å². The third kappa shape index (κ3) is 2.76. The summed E-state index contributed by atoms with van der Waals surface area (Å²) in [6, 6.07) is 4.68. The maximum absolute atomic E-state index is 12.5. The fraction of sp³-hybridized carbons (Fsp3) is 0.467. The summed E-state index contributed by atoms with van der Waals surface area (Å²) in [5.74, 6) is -0.789. The molecule has 1 aliphatic heterocycles. The molecule has 1 amide bonds. The van der Waals surface area contributed by atoms with E-state index in [0.717, 1.165) is 25.8 Å². The number of benzene rings is 1. The minimum atomic E-state index is -1.06. The smallest absolute Gasteiger partial charge is 0.335 e. The first-order valence-electron chi connectivity index (χ1n) is 6.80. The second-order valence-corrected chi connectivity index (χ2v) is 4.96. The summed E-state index contributed by atoms with van der Waals surface area (Å²) in [5, 5.41) is 9.09. The van der Waals surface area contributed by atoms with Gasteiger partial charge in [-0.1, -0.05) is 6.92 Å². The number of ether oxygens (including phenoxy) is 1. The zero-order valence-corrected chi connectivity index (χ0v) is 11.8. The Labute approximate surface area is 118 Å². The van der Waals surface area contributed by atoms with E-state index in [-0.39, 0.29) is 17.5 Å². The van der Waals surface area contributed by atoms with E-state index in [4.69, 9.17) is 9.84 Å². The van der Waals surface area contributed by atoms with E-state index >= 15 is 0 Å². The molecule has 1 fully saturated rings. The van der Waals surface area contributed by atoms with Crippen LogP contribution in [0, 0.1) is 0 Å². The van der Waals surface area contributed by atoms with Crippen molar-refractivity contribution in [2.45, 2.75) is 32.2 Å². The lowest BCUT2D eigenvalue weighted by molar-refractivity contribution is 0.0696. The molecule has 20 heavy (non-hydrogen) atoms. The van der Waals surface area contributed by atoms with Crippen LogP contribution in [-0.2, 0) is 0 Å². The number of aromatic carboxylic acids is 1. The molecular formula is C15H19NO4. The highest BCUT2D eigenvalue weighted by atomic mass is 16.5. The van der Waals surface area contributed by atoms with Gasteiger partial charge >= 0.3 is 5.97 Å². The maximum atomic E-state index is 12.5. The van der Waals surface area contributed by atoms with E-state index in [1.165, 1.54) is 19.2 Å². The molecule has 0 aromatic heterocycles. The van der Waals surface area contributed by atoms with Crippen LogP contribution in [0.2, 0.25) is 0 Å². The molecule has 5 nitrogen and oxygen atoms in total. The molecule has 1 N–H and O–H groups in total. The molecule has 1 aliphatic rings. The molecule has 108 valence electrons. The number of likely N-dealkylation sites (tertiary alicyclic amines) is 1. The van der Waals surface area contributed by atoms with Crippen molar-refractivity contribution in [1.82, 2.24) is 4.90 Å². The minimum absolute atomic E-state index is 0.0694. The van der Waals surface area contributed by atoms with Crippen LogP contribution >= 0.6 is 0 Å². The van der Waals surface area contributed by atoms with Crippen molar-refractivity contribution in [3.63, 3.8) is 0 Å². The second kappa shape index (κ2) is 5.94. The van der Waals surface area contributed by atoms with Crippen molar-refractivity contribution >= 4 is 11.9 Å². The number of carbonyl (C=O) groups is 2. The third-order valence-electron chi connectivity index (χ3n) is 3.75. The third-order valence-corrected chi connectivity index (χ3v) is 3.75. The highest BCUT2D eigenvalue weighted by Crippen LogP contribution is 2.24. The van der Waals surface area contributed by atoms with Gasteiger partial charge in [-0.3, -0.25) is 4.79 Å². The molecule has 1 atom stereocenters. The zero-order chi connectivity index (χ0) is 14.7. The van der Waals surface area contributed by atoms with Crippen LogP contribution in [0.4, 0.5) is 0 Å². The van der Waals surface area contributed by atoms with Crippen LogP contribution in [0.3, 0.4) is 0 Å². The summed E-state index contributed by atoms with van der Waals surface area (Å²) in [6.07, 6.45) is 2.93. The predicted molar refractivity (Wildman–Crippen MR) is 74.3 cm³/mol. The van der Waals surface area contributed by atoms with E-state index in [0.29, 0.717) is 11.3 Å². The lowest BCUT2D eigenvalue weighted by Gasteiger charge is -2.24. The van der Waals surface area contributed by atoms with Crippen molar-refractivity contribution in [3.05, 3.63) is 29.3 Å². The Kier molecular flexibility index (Phi) is 4.27. The molecule has 0 aliphatic carbocycles. The summed E-state index contributed by atoms with van der Waals surface area (Å²) >= 11 is 0. The topological polar surface area (TPSA) is 66.8 Å². The van der Waals surface area contributed by atoms with Gasteiger partial charge in [-0.25, -0.2) is 4.79 Å². The molecule has 1 heterocycles. The highest BCUT2D eigenvalue weighted by molar-refractivity contribution is 5.98. The van der Waals surface area contributed by atoms with E-state index in [1.807, 2.05) is 4.90 Å². The summed E-state index contributed by atoms with van der Waals surface area (Å²) < 4.78 is 5.08. The Hall–Kier alpha value is -2.04. The van der Waals surface area contributed by atoms with Gasteiger partial charge in [0.15, 0.2) is 0 Å². The summed E-state index contributed by atoms with van der Waals surface area (Å²) in [4.78, 5) is 25.5. The second-order valence-electron chi connectivity index (χ2n) is 4.96. The van der Waals surface area contributed by atoms with E-state index in [1.54, 1.807) is 6.07 Å². The number of carbonyl (C=O) groups excluding carboxylic acids is 1. The quantitative estimate of drug-likeness (QED) is 0.917. The van der Waals surface area contributed by atoms with Crippen LogP contribution < -0.4 is 4.74 Å². The molecule has 1 aromatic carbocycles. The predicted octanol–water partition coefficient (Wildman–Crippen LogP) is 2.41. The molecular weight excluding hydrogens is 258 g/mol. The number of carboxylic acid groups (broad SMARTS) is 1. The first-order valence-corrected chi connectivity index (χ1v) is 6.80. The Morgan fingerprint density at radius 2 is 2.05 bits per heavy atom. The average Bonchev–Trinajstić information content (AvgIpc) is 2.94. The first kappa shape index (κ1) is 14.4. The monoisotopic (exact) mass is 277 g/mol. The lowest BCUT2D eigenvalue weighted by atomic mass is 10.1. The number of carboxylic acids is 1. The molecule has 2 rings (SSSR count). The van der Waals surface area contributed by atoms with Crippen molar-refractivity contribution in [2.24, 2.45) is 0 Å². The average molecular weight is 277 g/mol. The summed E-state index contributed by atoms with van der Waals surface area (Å²) in [5.41, 5.74) is 0.446. The Morgan fingerprint density at radius 1 is 1.35 bits per heavy atom. The number of hydrogen-bond donors (Lipinski definition) is 1. The normalized spacial score (nSPS) is 18.1. The molecule has 0 saturated carbocycles. The van der Waals surface area contributed by atoms with Crippen LogP contribution in [0.15, 0.2) is 18.2 Å². The van der Waals surface area contributed by atoms with Crippen molar-refractivity contribution in [2.75, 3.05) is 13.7 Å². The van der Waals surface area contributed by atoms with Crippen LogP contribution in [0.5, 0.6) is 5.75 Å². The molecule has 0 radical (unpaired) electrons. The van der Waals surface area contributed by atoms with Gasteiger partial charge in [-0.15, -0.1) is 0 Å². The first-order chi connectivity index (χ1) is 9.56. The standard InChI is InChI=1S/C15H19NO4/c1-3-12-5-4-6-16(12)14(17)10-7-11(15(18)19)9-13(8-10)20-2/h7-9,12H,3-6H2,1-2H3,(H,18,19). The summed E-state index contributed by atoms with van der Waals surface area (Å²) in [7, 11) is 1.46. The number of methoxy groups -OCH3 is 1. The molecule has 0 bridgehead atoms. The fourth-order valence-corrected chi connectivity index (χ4v) is 2.66. The fourth-order valence-electron chi connectivity index (χ4n) is 2.66. The van der Waals surface area contributed by atoms with Gasteiger partial charge in [-0.05, 0) is 37.5 Å². The highest BCUT2D eigenvalue weighted by Gasteiger charge is 2.28. The van der Waals surface area contributed by atoms with Crippen molar-refractivity contribution in [3.8, 4) is 5.75 Å². The molecule has 5 heteroatoms. The van der Waals surface area contributed by atoms with Gasteiger partial charge in [0.05, 0.1) is 12.7 Å². The Bertz CT molecular complexity index is 527. The van der Waals surface area contributed by atoms with Gasteiger partial charge in [0, 0.05) is 18.2 Å². The molecule has 0 spiro atoms. The minimum Gasteiger partial charge on any atom is -0.497 e. The van der Waals surface area contributed by atoms with Gasteiger partial charge in [0.1, 0.15) is 5.75 Å². The van der Waals surface area contributed by atoms with Crippen LogP contribution in [0.25, 0.3) is 0 Å². The zero-order valence-electron chi connectivity index (χ0n) is 11.8. The SMILES string of the molecule is CCC1CCCN1C(=O)c1cc(OC)cc(C(=O)O)c1. The van der Waals surface area contributed by atoms with Gasteiger partial charge in [0.25, 0.3) is 5.91 Å². The number of amides is 1. The molecule has 1 unspecified atom stereocenters.